The zero-order valence-corrected chi connectivity index (χ0v) is 14.8. The lowest BCUT2D eigenvalue weighted by molar-refractivity contribution is -0.385. The number of ether oxygens (including phenoxy) is 1. The second-order valence-corrected chi connectivity index (χ2v) is 7.37. The number of halogens is 7. The van der Waals surface area contributed by atoms with Gasteiger partial charge in [-0.25, -0.2) is 0 Å². The van der Waals surface area contributed by atoms with Gasteiger partial charge < -0.3 is 4.74 Å². The van der Waals surface area contributed by atoms with Crippen LogP contribution in [0.15, 0.2) is 36.4 Å². The molecular weight excluding hydrogens is 429 g/mol. The summed E-state index contributed by atoms with van der Waals surface area (Å²) in [6.07, 6.45) is -4.56. The second kappa shape index (κ2) is 7.07. The molecule has 0 heterocycles. The van der Waals surface area contributed by atoms with Gasteiger partial charge in [-0.2, -0.15) is 13.2 Å². The number of nitro groups is 1. The maximum absolute atomic E-state index is 12.6. The first-order valence-electron chi connectivity index (χ1n) is 6.30. The van der Waals surface area contributed by atoms with Crippen molar-refractivity contribution in [3.8, 4) is 11.5 Å². The van der Waals surface area contributed by atoms with Crippen LogP contribution in [-0.4, -0.2) is 4.92 Å². The van der Waals surface area contributed by atoms with Crippen molar-refractivity contribution < 1.29 is 22.8 Å². The third-order valence-electron chi connectivity index (χ3n) is 2.96. The van der Waals surface area contributed by atoms with Gasteiger partial charge in [0.1, 0.15) is 11.5 Å². The predicted octanol–water partition coefficient (Wildman–Crippen LogP) is 6.89. The van der Waals surface area contributed by atoms with E-state index in [9.17, 15) is 23.3 Å². The molecule has 0 aliphatic carbocycles. The van der Waals surface area contributed by atoms with Crippen LogP contribution in [0.5, 0.6) is 11.5 Å². The molecule has 2 aromatic carbocycles. The predicted molar refractivity (Wildman–Crippen MR) is 88.9 cm³/mol. The summed E-state index contributed by atoms with van der Waals surface area (Å²) in [6, 6.07) is 5.83. The highest BCUT2D eigenvalue weighted by Crippen LogP contribution is 2.45. The fourth-order valence-corrected chi connectivity index (χ4v) is 2.53. The molecule has 0 amide bonds. The molecule has 2 rings (SSSR count). The Bertz CT molecular complexity index is 822. The van der Waals surface area contributed by atoms with E-state index in [2.05, 4.69) is 0 Å². The Hall–Kier alpha value is -1.41. The number of alkyl halides is 6. The Labute approximate surface area is 159 Å². The minimum Gasteiger partial charge on any atom is -0.456 e. The van der Waals surface area contributed by atoms with Crippen molar-refractivity contribution in [2.75, 3.05) is 0 Å². The van der Waals surface area contributed by atoms with Crippen LogP contribution >= 0.6 is 46.4 Å². The minimum atomic E-state index is -4.56. The first kappa shape index (κ1) is 19.9. The maximum Gasteiger partial charge on any atom is 0.416 e. The van der Waals surface area contributed by atoms with Crippen molar-refractivity contribution in [2.45, 2.75) is 9.97 Å². The normalized spacial score (nSPS) is 12.1. The molecule has 0 bridgehead atoms. The van der Waals surface area contributed by atoms with E-state index in [1.807, 2.05) is 0 Å². The van der Waals surface area contributed by atoms with Crippen LogP contribution in [0.4, 0.5) is 18.9 Å². The minimum absolute atomic E-state index is 0.00594. The van der Waals surface area contributed by atoms with Gasteiger partial charge in [0.15, 0.2) is 0 Å². The lowest BCUT2D eigenvalue weighted by atomic mass is 10.2. The third-order valence-corrected chi connectivity index (χ3v) is 3.86. The van der Waals surface area contributed by atoms with Gasteiger partial charge in [0.05, 0.1) is 21.1 Å². The average Bonchev–Trinajstić information content (AvgIpc) is 2.47. The maximum atomic E-state index is 12.6. The van der Waals surface area contributed by atoms with E-state index < -0.39 is 26.1 Å². The number of nitrogens with zero attached hydrogens (tertiary/aromatic N) is 1. The van der Waals surface area contributed by atoms with Crippen molar-refractivity contribution in [3.63, 3.8) is 0 Å². The summed E-state index contributed by atoms with van der Waals surface area (Å²) in [4.78, 5) is 10.2. The van der Waals surface area contributed by atoms with Crippen molar-refractivity contribution in [3.05, 3.63) is 62.7 Å². The van der Waals surface area contributed by atoms with Crippen LogP contribution in [0, 0.1) is 10.1 Å². The summed E-state index contributed by atoms with van der Waals surface area (Å²) in [5, 5.41) is 10.7. The molecule has 0 aliphatic rings. The van der Waals surface area contributed by atoms with E-state index in [-0.39, 0.29) is 22.1 Å². The average molecular weight is 435 g/mol. The molecule has 0 spiro atoms. The summed E-state index contributed by atoms with van der Waals surface area (Å²) >= 11 is 22.9. The molecule has 0 fully saturated rings. The largest absolute Gasteiger partial charge is 0.456 e. The monoisotopic (exact) mass is 433 g/mol. The summed E-state index contributed by atoms with van der Waals surface area (Å²) in [7, 11) is 0. The molecule has 0 aliphatic heterocycles. The first-order valence-corrected chi connectivity index (χ1v) is 7.81. The van der Waals surface area contributed by atoms with E-state index in [1.54, 1.807) is 0 Å². The molecule has 134 valence electrons. The Kier molecular flexibility index (Phi) is 5.63. The van der Waals surface area contributed by atoms with Gasteiger partial charge in [-0.3, -0.25) is 10.1 Å². The van der Waals surface area contributed by atoms with E-state index in [1.165, 1.54) is 6.07 Å². The summed E-state index contributed by atoms with van der Waals surface area (Å²) in [5.41, 5.74) is -1.66. The number of nitro benzene ring substituents is 1. The molecule has 25 heavy (non-hydrogen) atoms. The molecule has 11 heteroatoms. The lowest BCUT2D eigenvalue weighted by Gasteiger charge is -2.14. The van der Waals surface area contributed by atoms with Crippen LogP contribution in [0.3, 0.4) is 0 Å². The number of rotatable bonds is 3. The Balaban J connectivity index is 2.40. The summed E-state index contributed by atoms with van der Waals surface area (Å²) in [6.45, 7) is 0. The highest BCUT2D eigenvalue weighted by molar-refractivity contribution is 6.67. The number of hydrogen-bond acceptors (Lipinski definition) is 3. The van der Waals surface area contributed by atoms with Gasteiger partial charge in [0.2, 0.25) is 3.79 Å². The molecule has 0 N–H and O–H groups in total. The molecule has 0 saturated heterocycles. The molecule has 2 aromatic rings. The van der Waals surface area contributed by atoms with Crippen LogP contribution in [0.25, 0.3) is 0 Å². The fraction of sp³-hybridized carbons (Fsp3) is 0.143. The molecule has 0 atom stereocenters. The molecular formula is C14H6Cl4F3NO3. The van der Waals surface area contributed by atoms with Gasteiger partial charge in [0, 0.05) is 6.07 Å². The quantitative estimate of drug-likeness (QED) is 0.300. The molecule has 4 nitrogen and oxygen atoms in total. The standard InChI is InChI=1S/C14H6Cl4F3NO3/c15-10-5-7(14(19,20)21)1-4-12(10)25-8-2-3-11(22(23)24)9(6-8)13(16,17)18/h1-6H. The van der Waals surface area contributed by atoms with E-state index in [4.69, 9.17) is 51.1 Å². The Morgan fingerprint density at radius 1 is 1.04 bits per heavy atom. The SMILES string of the molecule is O=[N+]([O-])c1ccc(Oc2ccc(C(F)(F)F)cc2Cl)cc1C(Cl)(Cl)Cl. The van der Waals surface area contributed by atoms with Gasteiger partial charge in [0.25, 0.3) is 5.69 Å². The number of benzene rings is 2. The zero-order chi connectivity index (χ0) is 19.0. The third kappa shape index (κ3) is 4.82. The molecule has 0 unspecified atom stereocenters. The molecule has 0 aromatic heterocycles. The first-order chi connectivity index (χ1) is 11.4. The zero-order valence-electron chi connectivity index (χ0n) is 11.8. The van der Waals surface area contributed by atoms with E-state index in [0.717, 1.165) is 24.3 Å². The van der Waals surface area contributed by atoms with E-state index in [0.29, 0.717) is 6.07 Å². The van der Waals surface area contributed by atoms with Gasteiger partial charge >= 0.3 is 6.18 Å². The van der Waals surface area contributed by atoms with Crippen molar-refractivity contribution >= 4 is 52.1 Å². The van der Waals surface area contributed by atoms with E-state index >= 15 is 0 Å². The topological polar surface area (TPSA) is 52.4 Å². The van der Waals surface area contributed by atoms with Crippen molar-refractivity contribution in [1.29, 1.82) is 0 Å². The second-order valence-electron chi connectivity index (χ2n) is 4.68. The van der Waals surface area contributed by atoms with Crippen LogP contribution in [0.1, 0.15) is 11.1 Å². The van der Waals surface area contributed by atoms with Gasteiger partial charge in [-0.05, 0) is 30.3 Å². The molecule has 0 radical (unpaired) electrons. The van der Waals surface area contributed by atoms with Crippen LogP contribution < -0.4 is 4.74 Å². The highest BCUT2D eigenvalue weighted by atomic mass is 35.6. The smallest absolute Gasteiger partial charge is 0.416 e. The van der Waals surface area contributed by atoms with Crippen LogP contribution in [0.2, 0.25) is 5.02 Å². The fourth-order valence-electron chi connectivity index (χ4n) is 1.85. The van der Waals surface area contributed by atoms with Gasteiger partial charge in [-0.15, -0.1) is 0 Å². The van der Waals surface area contributed by atoms with Crippen molar-refractivity contribution in [2.24, 2.45) is 0 Å². The summed E-state index contributed by atoms with van der Waals surface area (Å²) in [5.74, 6) is -0.104. The lowest BCUT2D eigenvalue weighted by Crippen LogP contribution is -2.06. The van der Waals surface area contributed by atoms with Gasteiger partial charge in [-0.1, -0.05) is 46.4 Å². The Morgan fingerprint density at radius 2 is 1.68 bits per heavy atom. The van der Waals surface area contributed by atoms with Crippen LogP contribution in [-0.2, 0) is 9.97 Å². The number of hydrogen-bond donors (Lipinski definition) is 0. The Morgan fingerprint density at radius 3 is 2.16 bits per heavy atom. The molecule has 0 saturated carbocycles. The highest BCUT2D eigenvalue weighted by Gasteiger charge is 2.33. The summed E-state index contributed by atoms with van der Waals surface area (Å²) < 4.78 is 41.1. The van der Waals surface area contributed by atoms with Crippen molar-refractivity contribution in [1.82, 2.24) is 0 Å².